The minimum atomic E-state index is -0.947. The molecule has 0 aliphatic heterocycles. The van der Waals surface area contributed by atoms with E-state index in [1.54, 1.807) is 7.11 Å². The van der Waals surface area contributed by atoms with Gasteiger partial charge in [-0.2, -0.15) is 0 Å². The van der Waals surface area contributed by atoms with E-state index in [0.29, 0.717) is 6.42 Å². The molecular weight excluding hydrogens is 208 g/mol. The van der Waals surface area contributed by atoms with E-state index < -0.39 is 12.1 Å². The van der Waals surface area contributed by atoms with Crippen molar-refractivity contribution in [3.05, 3.63) is 29.3 Å². The number of carboxylic acids is 1. The predicted molar refractivity (Wildman–Crippen MR) is 59.9 cm³/mol. The lowest BCUT2D eigenvalue weighted by molar-refractivity contribution is -0.148. The summed E-state index contributed by atoms with van der Waals surface area (Å²) in [6.07, 6.45) is -0.436. The lowest BCUT2D eigenvalue weighted by Crippen LogP contribution is -2.25. The van der Waals surface area contributed by atoms with Crippen LogP contribution in [0.1, 0.15) is 11.1 Å². The van der Waals surface area contributed by atoms with E-state index in [1.807, 2.05) is 25.1 Å². The Kier molecular flexibility index (Phi) is 4.31. The van der Waals surface area contributed by atoms with Gasteiger partial charge in [0.25, 0.3) is 0 Å². The van der Waals surface area contributed by atoms with E-state index in [2.05, 4.69) is 0 Å². The van der Waals surface area contributed by atoms with Gasteiger partial charge in [0, 0.05) is 13.5 Å². The van der Waals surface area contributed by atoms with Crippen molar-refractivity contribution >= 4 is 5.97 Å². The molecule has 88 valence electrons. The van der Waals surface area contributed by atoms with Gasteiger partial charge in [0.2, 0.25) is 0 Å². The Balaban J connectivity index is 2.84. The van der Waals surface area contributed by atoms with Gasteiger partial charge in [-0.1, -0.05) is 6.07 Å². The zero-order valence-corrected chi connectivity index (χ0v) is 9.69. The summed E-state index contributed by atoms with van der Waals surface area (Å²) in [4.78, 5) is 10.8. The molecule has 0 saturated heterocycles. The molecule has 0 spiro atoms. The van der Waals surface area contributed by atoms with Crippen LogP contribution in [-0.4, -0.2) is 31.4 Å². The highest BCUT2D eigenvalue weighted by Gasteiger charge is 2.17. The number of carboxylic acid groups (broad SMARTS) is 1. The van der Waals surface area contributed by atoms with Crippen LogP contribution in [0.3, 0.4) is 0 Å². The van der Waals surface area contributed by atoms with Crippen LogP contribution in [0, 0.1) is 6.92 Å². The fourth-order valence-corrected chi connectivity index (χ4v) is 1.50. The summed E-state index contributed by atoms with van der Waals surface area (Å²) < 4.78 is 9.98. The van der Waals surface area contributed by atoms with Gasteiger partial charge >= 0.3 is 5.97 Å². The molecule has 1 aromatic rings. The van der Waals surface area contributed by atoms with Crippen LogP contribution in [0.2, 0.25) is 0 Å². The SMILES string of the molecule is COc1ccc(CC(OC)C(=O)O)c(C)c1. The summed E-state index contributed by atoms with van der Waals surface area (Å²) in [6, 6.07) is 5.56. The summed E-state index contributed by atoms with van der Waals surface area (Å²) >= 11 is 0. The highest BCUT2D eigenvalue weighted by molar-refractivity contribution is 5.72. The van der Waals surface area contributed by atoms with E-state index in [0.717, 1.165) is 16.9 Å². The van der Waals surface area contributed by atoms with E-state index in [9.17, 15) is 4.79 Å². The first kappa shape index (κ1) is 12.5. The monoisotopic (exact) mass is 224 g/mol. The fraction of sp³-hybridized carbons (Fsp3) is 0.417. The van der Waals surface area contributed by atoms with Crippen LogP contribution in [0.25, 0.3) is 0 Å². The topological polar surface area (TPSA) is 55.8 Å². The average molecular weight is 224 g/mol. The van der Waals surface area contributed by atoms with Gasteiger partial charge in [-0.15, -0.1) is 0 Å². The first-order valence-corrected chi connectivity index (χ1v) is 4.97. The predicted octanol–water partition coefficient (Wildman–Crippen LogP) is 1.65. The maximum Gasteiger partial charge on any atom is 0.333 e. The molecule has 0 heterocycles. The van der Waals surface area contributed by atoms with Crippen LogP contribution in [-0.2, 0) is 16.0 Å². The Labute approximate surface area is 94.8 Å². The Morgan fingerprint density at radius 3 is 2.56 bits per heavy atom. The molecule has 0 radical (unpaired) electrons. The second-order valence-electron chi connectivity index (χ2n) is 3.56. The number of methoxy groups -OCH3 is 2. The molecule has 0 aliphatic carbocycles. The standard InChI is InChI=1S/C12H16O4/c1-8-6-10(15-2)5-4-9(8)7-11(16-3)12(13)14/h4-6,11H,7H2,1-3H3,(H,13,14). The van der Waals surface area contributed by atoms with Crippen molar-refractivity contribution in [2.24, 2.45) is 0 Å². The summed E-state index contributed by atoms with van der Waals surface area (Å²) in [5, 5.41) is 8.88. The van der Waals surface area contributed by atoms with Crippen molar-refractivity contribution in [1.29, 1.82) is 0 Å². The van der Waals surface area contributed by atoms with Crippen molar-refractivity contribution in [3.8, 4) is 5.75 Å². The largest absolute Gasteiger partial charge is 0.497 e. The quantitative estimate of drug-likeness (QED) is 0.826. The number of aliphatic carboxylic acids is 1. The van der Waals surface area contributed by atoms with Gasteiger partial charge in [-0.3, -0.25) is 0 Å². The van der Waals surface area contributed by atoms with Gasteiger partial charge in [0.05, 0.1) is 7.11 Å². The van der Waals surface area contributed by atoms with Crippen LogP contribution in [0.15, 0.2) is 18.2 Å². The van der Waals surface area contributed by atoms with Crippen molar-refractivity contribution < 1.29 is 19.4 Å². The molecular formula is C12H16O4. The first-order chi connectivity index (χ1) is 7.58. The maximum absolute atomic E-state index is 10.8. The van der Waals surface area contributed by atoms with Crippen molar-refractivity contribution in [3.63, 3.8) is 0 Å². The Morgan fingerprint density at radius 2 is 2.12 bits per heavy atom. The van der Waals surface area contributed by atoms with Crippen LogP contribution in [0.5, 0.6) is 5.75 Å². The average Bonchev–Trinajstić information content (AvgIpc) is 2.26. The molecule has 1 rings (SSSR count). The normalized spacial score (nSPS) is 12.2. The highest BCUT2D eigenvalue weighted by atomic mass is 16.5. The molecule has 0 fully saturated rings. The van der Waals surface area contributed by atoms with Gasteiger partial charge < -0.3 is 14.6 Å². The Bertz CT molecular complexity index is 373. The Hall–Kier alpha value is -1.55. The molecule has 0 aliphatic rings. The van der Waals surface area contributed by atoms with Crippen molar-refractivity contribution in [1.82, 2.24) is 0 Å². The molecule has 4 heteroatoms. The van der Waals surface area contributed by atoms with Crippen LogP contribution < -0.4 is 4.74 Å². The number of ether oxygens (including phenoxy) is 2. The molecule has 1 aromatic carbocycles. The van der Waals surface area contributed by atoms with E-state index in [-0.39, 0.29) is 0 Å². The van der Waals surface area contributed by atoms with E-state index >= 15 is 0 Å². The van der Waals surface area contributed by atoms with Gasteiger partial charge in [-0.25, -0.2) is 4.79 Å². The zero-order valence-electron chi connectivity index (χ0n) is 9.69. The number of hydrogen-bond acceptors (Lipinski definition) is 3. The molecule has 0 amide bonds. The first-order valence-electron chi connectivity index (χ1n) is 4.97. The fourth-order valence-electron chi connectivity index (χ4n) is 1.50. The van der Waals surface area contributed by atoms with Gasteiger partial charge in [0.1, 0.15) is 5.75 Å². The summed E-state index contributed by atoms with van der Waals surface area (Å²) in [5.41, 5.74) is 1.96. The molecule has 1 atom stereocenters. The van der Waals surface area contributed by atoms with Gasteiger partial charge in [-0.05, 0) is 30.2 Å². The molecule has 1 unspecified atom stereocenters. The number of aryl methyl sites for hydroxylation is 1. The lowest BCUT2D eigenvalue weighted by Gasteiger charge is -2.13. The third-order valence-corrected chi connectivity index (χ3v) is 2.52. The third kappa shape index (κ3) is 2.97. The highest BCUT2D eigenvalue weighted by Crippen LogP contribution is 2.18. The summed E-state index contributed by atoms with van der Waals surface area (Å²) in [5.74, 6) is -0.178. The smallest absolute Gasteiger partial charge is 0.333 e. The minimum absolute atomic E-state index is 0.363. The molecule has 16 heavy (non-hydrogen) atoms. The lowest BCUT2D eigenvalue weighted by atomic mass is 10.0. The van der Waals surface area contributed by atoms with Crippen LogP contribution >= 0.6 is 0 Å². The van der Waals surface area contributed by atoms with Crippen LogP contribution in [0.4, 0.5) is 0 Å². The molecule has 1 N–H and O–H groups in total. The second-order valence-corrected chi connectivity index (χ2v) is 3.56. The number of rotatable bonds is 5. The minimum Gasteiger partial charge on any atom is -0.497 e. The third-order valence-electron chi connectivity index (χ3n) is 2.52. The van der Waals surface area contributed by atoms with E-state index in [1.165, 1.54) is 7.11 Å². The van der Waals surface area contributed by atoms with Gasteiger partial charge in [0.15, 0.2) is 6.10 Å². The Morgan fingerprint density at radius 1 is 1.44 bits per heavy atom. The maximum atomic E-state index is 10.8. The van der Waals surface area contributed by atoms with E-state index in [4.69, 9.17) is 14.6 Å². The van der Waals surface area contributed by atoms with Crippen molar-refractivity contribution in [2.75, 3.05) is 14.2 Å². The molecule has 0 saturated carbocycles. The second kappa shape index (κ2) is 5.51. The van der Waals surface area contributed by atoms with Crippen molar-refractivity contribution in [2.45, 2.75) is 19.4 Å². The summed E-state index contributed by atoms with van der Waals surface area (Å²) in [7, 11) is 3.00. The number of carbonyl (C=O) groups is 1. The molecule has 4 nitrogen and oxygen atoms in total. The zero-order chi connectivity index (χ0) is 12.1. The molecule has 0 aromatic heterocycles. The number of benzene rings is 1. The summed E-state index contributed by atoms with van der Waals surface area (Å²) in [6.45, 7) is 1.92. The molecule has 0 bridgehead atoms. The number of hydrogen-bond donors (Lipinski definition) is 1.